The molecule has 7 heteroatoms. The Labute approximate surface area is 181 Å². The molecule has 1 saturated carbocycles. The van der Waals surface area contributed by atoms with E-state index in [1.807, 2.05) is 12.3 Å². The van der Waals surface area contributed by atoms with Crippen LogP contribution in [0, 0.1) is 17.2 Å². The highest BCUT2D eigenvalue weighted by Crippen LogP contribution is 2.40. The normalized spacial score (nSPS) is 22.6. The predicted molar refractivity (Wildman–Crippen MR) is 119 cm³/mol. The van der Waals surface area contributed by atoms with E-state index in [-0.39, 0.29) is 0 Å². The van der Waals surface area contributed by atoms with Gasteiger partial charge in [-0.05, 0) is 56.4 Å². The van der Waals surface area contributed by atoms with Crippen LogP contribution < -0.4 is 0 Å². The summed E-state index contributed by atoms with van der Waals surface area (Å²) in [5.74, 6) is 1.32. The second-order valence-electron chi connectivity index (χ2n) is 8.35. The molecule has 2 fully saturated rings. The van der Waals surface area contributed by atoms with E-state index in [9.17, 15) is 5.11 Å². The van der Waals surface area contributed by atoms with Crippen LogP contribution in [0.25, 0.3) is 21.3 Å². The number of hydrogen-bond donors (Lipinski definition) is 1. The van der Waals surface area contributed by atoms with Gasteiger partial charge in [-0.15, -0.1) is 11.3 Å². The number of nitrogens with zero attached hydrogens (tertiary/aromatic N) is 4. The standard InChI is InChI=1S/C19H22N4OS.C4H8O/c1-12(24)19-22-16-11-21-15-7-9-25-18(15)17(16)23(19)14-6-2-4-13(10-14)5-3-8-20;1-2-4-5-3-1/h7,9,11-14,24H,2-6,10H2,1H3;1-4H2/t12-,13?,14?;/m1./s1. The molecule has 0 spiro atoms. The number of thiophene rings is 1. The summed E-state index contributed by atoms with van der Waals surface area (Å²) in [4.78, 5) is 9.21. The zero-order valence-electron chi connectivity index (χ0n) is 17.6. The fourth-order valence-corrected chi connectivity index (χ4v) is 5.59. The first-order valence-corrected chi connectivity index (χ1v) is 11.9. The molecule has 4 heterocycles. The van der Waals surface area contributed by atoms with Gasteiger partial charge in [0.05, 0.1) is 28.0 Å². The van der Waals surface area contributed by atoms with Crippen molar-refractivity contribution in [3.63, 3.8) is 0 Å². The Morgan fingerprint density at radius 3 is 2.83 bits per heavy atom. The minimum Gasteiger partial charge on any atom is -0.385 e. The lowest BCUT2D eigenvalue weighted by Crippen LogP contribution is -2.21. The lowest BCUT2D eigenvalue weighted by atomic mass is 9.83. The van der Waals surface area contributed by atoms with Gasteiger partial charge in [0.25, 0.3) is 0 Å². The van der Waals surface area contributed by atoms with Crippen molar-refractivity contribution in [3.05, 3.63) is 23.5 Å². The van der Waals surface area contributed by atoms with E-state index < -0.39 is 6.10 Å². The minimum absolute atomic E-state index is 0.333. The second kappa shape index (κ2) is 9.86. The third-order valence-electron chi connectivity index (χ3n) is 6.14. The predicted octanol–water partition coefficient (Wildman–Crippen LogP) is 5.53. The molecule has 6 nitrogen and oxygen atoms in total. The van der Waals surface area contributed by atoms with Crippen molar-refractivity contribution < 1.29 is 9.84 Å². The number of aromatic nitrogens is 3. The molecule has 160 valence electrons. The molecule has 3 atom stereocenters. The summed E-state index contributed by atoms with van der Waals surface area (Å²) in [5, 5.41) is 21.3. The van der Waals surface area contributed by atoms with Crippen LogP contribution in [0.4, 0.5) is 0 Å². The Morgan fingerprint density at radius 1 is 1.30 bits per heavy atom. The topological polar surface area (TPSA) is 84.0 Å². The highest BCUT2D eigenvalue weighted by atomic mass is 32.1. The summed E-state index contributed by atoms with van der Waals surface area (Å²) in [7, 11) is 0. The van der Waals surface area contributed by atoms with Crippen molar-refractivity contribution >= 4 is 32.6 Å². The molecule has 30 heavy (non-hydrogen) atoms. The SMILES string of the molecule is C1CCOC1.C[C@@H](O)c1nc2cnc3ccsc3c2n1C1CCCC(CCC#N)C1. The molecule has 1 aliphatic heterocycles. The number of aliphatic hydroxyl groups is 1. The molecule has 3 aromatic rings. The summed E-state index contributed by atoms with van der Waals surface area (Å²) >= 11 is 1.69. The number of hydrogen-bond acceptors (Lipinski definition) is 6. The molecule has 1 saturated heterocycles. The number of nitriles is 1. The lowest BCUT2D eigenvalue weighted by molar-refractivity contribution is 0.173. The maximum Gasteiger partial charge on any atom is 0.138 e. The number of imidazole rings is 1. The first-order valence-electron chi connectivity index (χ1n) is 11.1. The zero-order valence-corrected chi connectivity index (χ0v) is 18.4. The number of rotatable bonds is 4. The van der Waals surface area contributed by atoms with Crippen LogP contribution in [0.15, 0.2) is 17.6 Å². The van der Waals surface area contributed by atoms with Crippen LogP contribution in [0.2, 0.25) is 0 Å². The molecular weight excluding hydrogens is 396 g/mol. The monoisotopic (exact) mass is 426 g/mol. The first-order chi connectivity index (χ1) is 14.7. The van der Waals surface area contributed by atoms with Gasteiger partial charge in [-0.3, -0.25) is 4.98 Å². The van der Waals surface area contributed by atoms with Gasteiger partial charge in [-0.2, -0.15) is 5.26 Å². The Hall–Kier alpha value is -2.01. The van der Waals surface area contributed by atoms with Gasteiger partial charge < -0.3 is 14.4 Å². The van der Waals surface area contributed by atoms with Crippen LogP contribution in [-0.4, -0.2) is 32.9 Å². The third kappa shape index (κ3) is 4.51. The van der Waals surface area contributed by atoms with Crippen LogP contribution in [-0.2, 0) is 4.74 Å². The van der Waals surface area contributed by atoms with E-state index >= 15 is 0 Å². The van der Waals surface area contributed by atoms with E-state index in [1.54, 1.807) is 18.3 Å². The molecule has 0 aromatic carbocycles. The lowest BCUT2D eigenvalue weighted by Gasteiger charge is -2.31. The number of pyridine rings is 1. The Morgan fingerprint density at radius 2 is 2.13 bits per heavy atom. The average molecular weight is 427 g/mol. The summed E-state index contributed by atoms with van der Waals surface area (Å²) in [6.45, 7) is 3.78. The largest absolute Gasteiger partial charge is 0.385 e. The molecule has 2 aliphatic rings. The first kappa shape index (κ1) is 21.2. The van der Waals surface area contributed by atoms with Gasteiger partial charge in [0.2, 0.25) is 0 Å². The Kier molecular flexibility index (Phi) is 6.98. The fraction of sp³-hybridized carbons (Fsp3) is 0.609. The van der Waals surface area contributed by atoms with Gasteiger partial charge in [-0.25, -0.2) is 4.98 Å². The molecule has 0 radical (unpaired) electrons. The van der Waals surface area contributed by atoms with Crippen molar-refractivity contribution in [1.29, 1.82) is 5.26 Å². The van der Waals surface area contributed by atoms with Gasteiger partial charge in [0.15, 0.2) is 0 Å². The van der Waals surface area contributed by atoms with Gasteiger partial charge >= 0.3 is 0 Å². The maximum absolute atomic E-state index is 10.3. The minimum atomic E-state index is -0.609. The molecular formula is C23H30N4O2S. The van der Waals surface area contributed by atoms with E-state index in [0.29, 0.717) is 18.4 Å². The van der Waals surface area contributed by atoms with Crippen molar-refractivity contribution in [2.24, 2.45) is 5.92 Å². The highest BCUT2D eigenvalue weighted by Gasteiger charge is 2.28. The smallest absolute Gasteiger partial charge is 0.138 e. The highest BCUT2D eigenvalue weighted by molar-refractivity contribution is 7.18. The maximum atomic E-state index is 10.3. The molecule has 3 aromatic heterocycles. The third-order valence-corrected chi connectivity index (χ3v) is 7.05. The molecule has 5 rings (SSSR count). The van der Waals surface area contributed by atoms with E-state index in [0.717, 1.165) is 59.6 Å². The average Bonchev–Trinajstić information content (AvgIpc) is 3.52. The number of ether oxygens (including phenoxy) is 1. The van der Waals surface area contributed by atoms with Gasteiger partial charge in [0, 0.05) is 25.7 Å². The van der Waals surface area contributed by atoms with E-state index in [1.165, 1.54) is 25.7 Å². The summed E-state index contributed by atoms with van der Waals surface area (Å²) in [5.41, 5.74) is 2.97. The van der Waals surface area contributed by atoms with Crippen molar-refractivity contribution in [2.75, 3.05) is 13.2 Å². The van der Waals surface area contributed by atoms with Crippen molar-refractivity contribution in [1.82, 2.24) is 14.5 Å². The van der Waals surface area contributed by atoms with Gasteiger partial charge in [-0.1, -0.05) is 12.8 Å². The fourth-order valence-electron chi connectivity index (χ4n) is 4.70. The molecule has 0 amide bonds. The number of aliphatic hydroxyl groups excluding tert-OH is 1. The van der Waals surface area contributed by atoms with Crippen LogP contribution in [0.3, 0.4) is 0 Å². The van der Waals surface area contributed by atoms with Crippen LogP contribution >= 0.6 is 11.3 Å². The molecule has 1 aliphatic carbocycles. The molecule has 0 bridgehead atoms. The quantitative estimate of drug-likeness (QED) is 0.593. The van der Waals surface area contributed by atoms with Crippen LogP contribution in [0.1, 0.15) is 76.3 Å². The zero-order chi connectivity index (χ0) is 20.9. The summed E-state index contributed by atoms with van der Waals surface area (Å²) in [6, 6.07) is 4.65. The molecule has 1 N–H and O–H groups in total. The van der Waals surface area contributed by atoms with E-state index in [4.69, 9.17) is 15.0 Å². The Balaban J connectivity index is 0.000000383. The van der Waals surface area contributed by atoms with Gasteiger partial charge in [0.1, 0.15) is 17.4 Å². The summed E-state index contributed by atoms with van der Waals surface area (Å²) in [6.07, 6.45) is 9.89. The Bertz CT molecular complexity index is 1010. The van der Waals surface area contributed by atoms with Crippen molar-refractivity contribution in [3.8, 4) is 6.07 Å². The second-order valence-corrected chi connectivity index (χ2v) is 9.26. The van der Waals surface area contributed by atoms with Crippen LogP contribution in [0.5, 0.6) is 0 Å². The molecule has 2 unspecified atom stereocenters. The van der Waals surface area contributed by atoms with Crippen molar-refractivity contribution in [2.45, 2.75) is 70.4 Å². The number of fused-ring (bicyclic) bond motifs is 3. The van der Waals surface area contributed by atoms with E-state index in [2.05, 4.69) is 21.0 Å². The summed E-state index contributed by atoms with van der Waals surface area (Å²) < 4.78 is 8.37.